The van der Waals surface area contributed by atoms with Gasteiger partial charge < -0.3 is 5.11 Å². The van der Waals surface area contributed by atoms with Gasteiger partial charge in [0.25, 0.3) is 0 Å². The molecule has 1 aromatic rings. The highest BCUT2D eigenvalue weighted by Gasteiger charge is 2.29. The first-order valence-corrected chi connectivity index (χ1v) is 6.76. The van der Waals surface area contributed by atoms with Gasteiger partial charge in [0.05, 0.1) is 10.8 Å². The lowest BCUT2D eigenvalue weighted by atomic mass is 10.1. The van der Waals surface area contributed by atoms with E-state index in [0.717, 1.165) is 11.1 Å². The van der Waals surface area contributed by atoms with E-state index in [1.165, 1.54) is 0 Å². The van der Waals surface area contributed by atoms with Gasteiger partial charge in [0.15, 0.2) is 0 Å². The molecule has 0 amide bonds. The summed E-state index contributed by atoms with van der Waals surface area (Å²) in [4.78, 5) is 11.8. The maximum atomic E-state index is 12.3. The second kappa shape index (κ2) is 5.45. The van der Waals surface area contributed by atoms with Gasteiger partial charge in [-0.15, -0.1) is 0 Å². The normalized spacial score (nSPS) is 14.6. The van der Waals surface area contributed by atoms with Gasteiger partial charge in [0.1, 0.15) is 5.25 Å². The number of hydrogen-bond donors (Lipinski definition) is 1. The first-order chi connectivity index (χ1) is 7.84. The van der Waals surface area contributed by atoms with Crippen LogP contribution in [0.1, 0.15) is 25.0 Å². The summed E-state index contributed by atoms with van der Waals surface area (Å²) < 4.78 is 12.3. The highest BCUT2D eigenvalue weighted by atomic mass is 32.2. The number of carboxylic acid groups (broad SMARTS) is 1. The summed E-state index contributed by atoms with van der Waals surface area (Å²) in [5, 5.41) is 8.29. The lowest BCUT2D eigenvalue weighted by Gasteiger charge is -2.17. The molecule has 0 radical (unpaired) electrons. The summed E-state index contributed by atoms with van der Waals surface area (Å²) in [6.45, 7) is 7.32. The van der Waals surface area contributed by atoms with Crippen molar-refractivity contribution in [1.82, 2.24) is 0 Å². The topological polar surface area (TPSA) is 54.4 Å². The standard InChI is InChI=1S/C13H18O3S/c1-8(2)12(13(14)15)17(16)11-7-9(3)5-6-10(11)4/h5-8,12H,1-4H3,(H,14,15). The minimum absolute atomic E-state index is 0.159. The Bertz CT molecular complexity index is 452. The van der Waals surface area contributed by atoms with E-state index in [1.807, 2.05) is 32.0 Å². The van der Waals surface area contributed by atoms with Gasteiger partial charge in [-0.05, 0) is 37.0 Å². The second-order valence-electron chi connectivity index (χ2n) is 4.57. The summed E-state index contributed by atoms with van der Waals surface area (Å²) >= 11 is 0. The van der Waals surface area contributed by atoms with Crippen molar-refractivity contribution in [3.8, 4) is 0 Å². The summed E-state index contributed by atoms with van der Waals surface area (Å²) in [5.41, 5.74) is 1.87. The third-order valence-electron chi connectivity index (χ3n) is 2.64. The monoisotopic (exact) mass is 254 g/mol. The molecule has 0 heterocycles. The number of aliphatic carboxylic acids is 1. The van der Waals surface area contributed by atoms with E-state index in [0.29, 0.717) is 4.90 Å². The molecule has 2 unspecified atom stereocenters. The fourth-order valence-electron chi connectivity index (χ4n) is 1.68. The van der Waals surface area contributed by atoms with E-state index >= 15 is 0 Å². The van der Waals surface area contributed by atoms with Crippen molar-refractivity contribution in [2.75, 3.05) is 0 Å². The Balaban J connectivity index is 3.18. The van der Waals surface area contributed by atoms with Crippen LogP contribution in [0, 0.1) is 19.8 Å². The summed E-state index contributed by atoms with van der Waals surface area (Å²) in [6, 6.07) is 5.62. The number of carbonyl (C=O) groups is 1. The van der Waals surface area contributed by atoms with Crippen molar-refractivity contribution in [3.63, 3.8) is 0 Å². The third kappa shape index (κ3) is 3.16. The molecular formula is C13H18O3S. The van der Waals surface area contributed by atoms with Crippen molar-refractivity contribution in [1.29, 1.82) is 0 Å². The smallest absolute Gasteiger partial charge is 0.319 e. The van der Waals surface area contributed by atoms with Gasteiger partial charge in [0.2, 0.25) is 0 Å². The van der Waals surface area contributed by atoms with Crippen molar-refractivity contribution in [2.24, 2.45) is 5.92 Å². The van der Waals surface area contributed by atoms with Crippen LogP contribution in [0.5, 0.6) is 0 Å². The Morgan fingerprint density at radius 1 is 1.29 bits per heavy atom. The molecule has 0 aromatic heterocycles. The molecule has 1 N–H and O–H groups in total. The molecule has 0 fully saturated rings. The van der Waals surface area contributed by atoms with Crippen LogP contribution in [-0.2, 0) is 15.6 Å². The SMILES string of the molecule is Cc1ccc(C)c(S(=O)C(C(=O)O)C(C)C)c1. The van der Waals surface area contributed by atoms with E-state index < -0.39 is 22.0 Å². The van der Waals surface area contributed by atoms with Gasteiger partial charge in [0, 0.05) is 4.90 Å². The average molecular weight is 254 g/mol. The van der Waals surface area contributed by atoms with Gasteiger partial charge >= 0.3 is 5.97 Å². The molecule has 94 valence electrons. The van der Waals surface area contributed by atoms with E-state index in [2.05, 4.69) is 0 Å². The number of benzene rings is 1. The predicted octanol–water partition coefficient (Wildman–Crippen LogP) is 2.52. The molecule has 4 heteroatoms. The molecule has 1 aromatic carbocycles. The van der Waals surface area contributed by atoms with Crippen molar-refractivity contribution in [2.45, 2.75) is 37.8 Å². The summed E-state index contributed by atoms with van der Waals surface area (Å²) in [7, 11) is -1.50. The molecular weight excluding hydrogens is 236 g/mol. The zero-order valence-corrected chi connectivity index (χ0v) is 11.4. The Morgan fingerprint density at radius 2 is 1.88 bits per heavy atom. The van der Waals surface area contributed by atoms with Crippen molar-refractivity contribution < 1.29 is 14.1 Å². The van der Waals surface area contributed by atoms with Crippen LogP contribution in [-0.4, -0.2) is 20.5 Å². The van der Waals surface area contributed by atoms with Crippen LogP contribution in [0.4, 0.5) is 0 Å². The van der Waals surface area contributed by atoms with Gasteiger partial charge in [-0.25, -0.2) is 0 Å². The van der Waals surface area contributed by atoms with Gasteiger partial charge in [-0.2, -0.15) is 0 Å². The first kappa shape index (κ1) is 13.9. The van der Waals surface area contributed by atoms with Crippen molar-refractivity contribution >= 4 is 16.8 Å². The van der Waals surface area contributed by atoms with Gasteiger partial charge in [-0.1, -0.05) is 26.0 Å². The molecule has 0 saturated heterocycles. The van der Waals surface area contributed by atoms with E-state index in [-0.39, 0.29) is 5.92 Å². The average Bonchev–Trinajstić information content (AvgIpc) is 2.20. The lowest BCUT2D eigenvalue weighted by molar-refractivity contribution is -0.137. The minimum atomic E-state index is -1.50. The van der Waals surface area contributed by atoms with E-state index in [4.69, 9.17) is 5.11 Å². The molecule has 2 atom stereocenters. The fourth-order valence-corrected chi connectivity index (χ4v) is 3.32. The Labute approximate surface area is 104 Å². The number of carboxylic acids is 1. The predicted molar refractivity (Wildman–Crippen MR) is 68.6 cm³/mol. The molecule has 0 saturated carbocycles. The molecule has 1 rings (SSSR count). The largest absolute Gasteiger partial charge is 0.480 e. The van der Waals surface area contributed by atoms with Crippen LogP contribution >= 0.6 is 0 Å². The molecule has 17 heavy (non-hydrogen) atoms. The molecule has 0 spiro atoms. The lowest BCUT2D eigenvalue weighted by Crippen LogP contribution is -2.31. The number of rotatable bonds is 4. The van der Waals surface area contributed by atoms with Crippen LogP contribution in [0.15, 0.2) is 23.1 Å². The zero-order chi connectivity index (χ0) is 13.2. The van der Waals surface area contributed by atoms with Gasteiger partial charge in [-0.3, -0.25) is 9.00 Å². The molecule has 0 aliphatic carbocycles. The number of hydrogen-bond acceptors (Lipinski definition) is 2. The van der Waals surface area contributed by atoms with Crippen LogP contribution in [0.25, 0.3) is 0 Å². The fraction of sp³-hybridized carbons (Fsp3) is 0.462. The highest BCUT2D eigenvalue weighted by molar-refractivity contribution is 7.86. The Hall–Kier alpha value is -1.16. The van der Waals surface area contributed by atoms with Crippen LogP contribution in [0.3, 0.4) is 0 Å². The molecule has 3 nitrogen and oxygen atoms in total. The van der Waals surface area contributed by atoms with E-state index in [1.54, 1.807) is 13.8 Å². The van der Waals surface area contributed by atoms with Crippen LogP contribution in [0.2, 0.25) is 0 Å². The summed E-state index contributed by atoms with van der Waals surface area (Å²) in [6.07, 6.45) is 0. The van der Waals surface area contributed by atoms with Crippen molar-refractivity contribution in [3.05, 3.63) is 29.3 Å². The van der Waals surface area contributed by atoms with E-state index in [9.17, 15) is 9.00 Å². The molecule has 0 aliphatic rings. The minimum Gasteiger partial charge on any atom is -0.480 e. The molecule has 0 bridgehead atoms. The first-order valence-electron chi connectivity index (χ1n) is 5.55. The zero-order valence-electron chi connectivity index (χ0n) is 10.6. The summed E-state index contributed by atoms with van der Waals surface area (Å²) in [5.74, 6) is -1.16. The quantitative estimate of drug-likeness (QED) is 0.898. The molecule has 0 aliphatic heterocycles. The maximum absolute atomic E-state index is 12.3. The second-order valence-corrected chi connectivity index (χ2v) is 6.11. The third-order valence-corrected chi connectivity index (χ3v) is 4.72. The van der Waals surface area contributed by atoms with Crippen LogP contribution < -0.4 is 0 Å². The number of aryl methyl sites for hydroxylation is 2. The Morgan fingerprint density at radius 3 is 2.35 bits per heavy atom. The Kier molecular flexibility index (Phi) is 4.46. The maximum Gasteiger partial charge on any atom is 0.319 e. The highest BCUT2D eigenvalue weighted by Crippen LogP contribution is 2.22.